The van der Waals surface area contributed by atoms with Crippen LogP contribution in [0.15, 0.2) is 18.2 Å². The van der Waals surface area contributed by atoms with Crippen LogP contribution in [0.5, 0.6) is 0 Å². The Labute approximate surface area is 121 Å². The highest BCUT2D eigenvalue weighted by Crippen LogP contribution is 2.27. The van der Waals surface area contributed by atoms with Gasteiger partial charge < -0.3 is 15.7 Å². The summed E-state index contributed by atoms with van der Waals surface area (Å²) >= 11 is 0. The third-order valence-corrected chi connectivity index (χ3v) is 4.15. The molecule has 1 saturated carbocycles. The molecule has 0 radical (unpaired) electrons. The Kier molecular flexibility index (Phi) is 3.37. The lowest BCUT2D eigenvalue weighted by Gasteiger charge is -2.17. The van der Waals surface area contributed by atoms with Gasteiger partial charge in [-0.25, -0.2) is 0 Å². The maximum absolute atomic E-state index is 12.2. The van der Waals surface area contributed by atoms with Gasteiger partial charge in [-0.05, 0) is 30.5 Å². The Hall–Kier alpha value is -2.37. The Morgan fingerprint density at radius 3 is 2.86 bits per heavy atom. The first-order valence-electron chi connectivity index (χ1n) is 7.01. The smallest absolute Gasteiger partial charge is 0.308 e. The van der Waals surface area contributed by atoms with Crippen LogP contribution in [-0.4, -0.2) is 28.9 Å². The van der Waals surface area contributed by atoms with E-state index in [4.69, 9.17) is 5.11 Å². The van der Waals surface area contributed by atoms with Gasteiger partial charge in [-0.3, -0.25) is 14.4 Å². The van der Waals surface area contributed by atoms with Crippen LogP contribution in [-0.2, 0) is 16.0 Å². The average Bonchev–Trinajstić information content (AvgIpc) is 3.02. The van der Waals surface area contributed by atoms with Crippen molar-refractivity contribution in [2.24, 2.45) is 5.92 Å². The summed E-state index contributed by atoms with van der Waals surface area (Å²) < 4.78 is 0. The molecule has 1 heterocycles. The molecule has 3 rings (SSSR count). The topological polar surface area (TPSA) is 95.5 Å². The van der Waals surface area contributed by atoms with Crippen LogP contribution in [0.25, 0.3) is 0 Å². The van der Waals surface area contributed by atoms with E-state index in [0.29, 0.717) is 30.5 Å². The zero-order valence-corrected chi connectivity index (χ0v) is 11.4. The fraction of sp³-hybridized carbons (Fsp3) is 0.400. The first kappa shape index (κ1) is 13.6. The average molecular weight is 288 g/mol. The number of carbonyl (C=O) groups excluding carboxylic acids is 2. The van der Waals surface area contributed by atoms with Gasteiger partial charge in [0.1, 0.15) is 0 Å². The van der Waals surface area contributed by atoms with Gasteiger partial charge in [0.25, 0.3) is 5.91 Å². The lowest BCUT2D eigenvalue weighted by atomic mass is 10.0. The Morgan fingerprint density at radius 1 is 1.29 bits per heavy atom. The molecule has 2 aliphatic rings. The largest absolute Gasteiger partial charge is 0.481 e. The number of amides is 2. The third-order valence-electron chi connectivity index (χ3n) is 4.15. The molecule has 3 N–H and O–H groups in total. The van der Waals surface area contributed by atoms with Gasteiger partial charge in [0.2, 0.25) is 5.91 Å². The van der Waals surface area contributed by atoms with Gasteiger partial charge >= 0.3 is 5.97 Å². The predicted molar refractivity (Wildman–Crippen MR) is 75.0 cm³/mol. The summed E-state index contributed by atoms with van der Waals surface area (Å²) in [5.74, 6) is -1.75. The van der Waals surface area contributed by atoms with Crippen LogP contribution in [0.1, 0.15) is 35.2 Å². The Morgan fingerprint density at radius 2 is 2.10 bits per heavy atom. The van der Waals surface area contributed by atoms with Crippen molar-refractivity contribution in [3.8, 4) is 0 Å². The van der Waals surface area contributed by atoms with E-state index < -0.39 is 11.9 Å². The highest BCUT2D eigenvalue weighted by molar-refractivity contribution is 6.02. The first-order valence-corrected chi connectivity index (χ1v) is 7.01. The van der Waals surface area contributed by atoms with Crippen molar-refractivity contribution >= 4 is 23.5 Å². The lowest BCUT2D eigenvalue weighted by molar-refractivity contribution is -0.142. The molecule has 1 fully saturated rings. The molecule has 1 aliphatic heterocycles. The fourth-order valence-corrected chi connectivity index (χ4v) is 3.04. The van der Waals surface area contributed by atoms with Crippen LogP contribution in [0, 0.1) is 5.92 Å². The molecule has 0 spiro atoms. The van der Waals surface area contributed by atoms with Crippen molar-refractivity contribution in [1.82, 2.24) is 5.32 Å². The Bertz CT molecular complexity index is 626. The highest BCUT2D eigenvalue weighted by Gasteiger charge is 2.34. The van der Waals surface area contributed by atoms with Crippen LogP contribution in [0.4, 0.5) is 5.69 Å². The number of carbonyl (C=O) groups is 3. The Balaban J connectivity index is 1.73. The number of aliphatic carboxylic acids is 1. The van der Waals surface area contributed by atoms with Crippen molar-refractivity contribution in [2.45, 2.75) is 31.7 Å². The summed E-state index contributed by atoms with van der Waals surface area (Å²) in [6.45, 7) is 0. The minimum absolute atomic E-state index is 0.0794. The molecule has 2 amide bonds. The van der Waals surface area contributed by atoms with Gasteiger partial charge in [-0.2, -0.15) is 0 Å². The van der Waals surface area contributed by atoms with E-state index in [2.05, 4.69) is 10.6 Å². The number of rotatable bonds is 3. The summed E-state index contributed by atoms with van der Waals surface area (Å²) in [6.07, 6.45) is 2.42. The normalized spacial score (nSPS) is 23.5. The van der Waals surface area contributed by atoms with E-state index in [-0.39, 0.29) is 17.9 Å². The van der Waals surface area contributed by atoms with Crippen molar-refractivity contribution < 1.29 is 19.5 Å². The van der Waals surface area contributed by atoms with Gasteiger partial charge in [0, 0.05) is 17.3 Å². The van der Waals surface area contributed by atoms with E-state index in [1.165, 1.54) is 0 Å². The van der Waals surface area contributed by atoms with E-state index in [1.807, 2.05) is 0 Å². The van der Waals surface area contributed by atoms with E-state index in [0.717, 1.165) is 12.0 Å². The number of hydrogen-bond donors (Lipinski definition) is 3. The van der Waals surface area contributed by atoms with Crippen LogP contribution in [0.2, 0.25) is 0 Å². The third kappa shape index (κ3) is 2.61. The summed E-state index contributed by atoms with van der Waals surface area (Å²) in [7, 11) is 0. The standard InChI is InChI=1S/C15H16N2O4/c18-13-7-8-4-5-9(6-12(8)16-13)14(19)17-11-3-1-2-10(11)15(20)21/h4-6,10-11H,1-3,7H2,(H,16,18)(H,17,19)(H,20,21). The molecule has 6 nitrogen and oxygen atoms in total. The number of fused-ring (bicyclic) bond motifs is 1. The number of carboxylic acid groups (broad SMARTS) is 1. The predicted octanol–water partition coefficient (Wildman–Crippen LogP) is 1.16. The fourth-order valence-electron chi connectivity index (χ4n) is 3.04. The number of carboxylic acids is 1. The zero-order chi connectivity index (χ0) is 15.0. The number of hydrogen-bond acceptors (Lipinski definition) is 3. The number of nitrogens with one attached hydrogen (secondary N) is 2. The van der Waals surface area contributed by atoms with Gasteiger partial charge in [0.15, 0.2) is 0 Å². The molecular formula is C15H16N2O4. The van der Waals surface area contributed by atoms with Gasteiger partial charge in [-0.1, -0.05) is 12.5 Å². The van der Waals surface area contributed by atoms with Crippen molar-refractivity contribution in [2.75, 3.05) is 5.32 Å². The molecule has 2 atom stereocenters. The van der Waals surface area contributed by atoms with Crippen LogP contribution >= 0.6 is 0 Å². The maximum Gasteiger partial charge on any atom is 0.308 e. The van der Waals surface area contributed by atoms with Crippen molar-refractivity contribution in [3.05, 3.63) is 29.3 Å². The molecule has 21 heavy (non-hydrogen) atoms. The van der Waals surface area contributed by atoms with E-state index >= 15 is 0 Å². The highest BCUT2D eigenvalue weighted by atomic mass is 16.4. The van der Waals surface area contributed by atoms with Crippen molar-refractivity contribution in [3.63, 3.8) is 0 Å². The summed E-state index contributed by atoms with van der Waals surface area (Å²) in [5, 5.41) is 14.6. The molecule has 0 saturated heterocycles. The molecule has 2 unspecified atom stereocenters. The quantitative estimate of drug-likeness (QED) is 0.778. The zero-order valence-electron chi connectivity index (χ0n) is 11.4. The van der Waals surface area contributed by atoms with E-state index in [1.54, 1.807) is 18.2 Å². The molecule has 110 valence electrons. The minimum atomic E-state index is -0.862. The summed E-state index contributed by atoms with van der Waals surface area (Å²) in [5.41, 5.74) is 1.97. The number of benzene rings is 1. The van der Waals surface area contributed by atoms with Gasteiger partial charge in [-0.15, -0.1) is 0 Å². The monoisotopic (exact) mass is 288 g/mol. The maximum atomic E-state index is 12.2. The molecule has 0 bridgehead atoms. The number of anilines is 1. The first-order chi connectivity index (χ1) is 10.0. The van der Waals surface area contributed by atoms with Crippen molar-refractivity contribution in [1.29, 1.82) is 0 Å². The van der Waals surface area contributed by atoms with Crippen LogP contribution < -0.4 is 10.6 Å². The van der Waals surface area contributed by atoms with E-state index in [9.17, 15) is 14.4 Å². The lowest BCUT2D eigenvalue weighted by Crippen LogP contribution is -2.40. The SMILES string of the molecule is O=C1Cc2ccc(C(=O)NC3CCCC3C(=O)O)cc2N1. The second kappa shape index (κ2) is 5.20. The second-order valence-electron chi connectivity index (χ2n) is 5.55. The summed E-state index contributed by atoms with van der Waals surface area (Å²) in [4.78, 5) is 34.7. The van der Waals surface area contributed by atoms with Crippen LogP contribution in [0.3, 0.4) is 0 Å². The molecule has 1 aliphatic carbocycles. The molecule has 1 aromatic rings. The molecule has 6 heteroatoms. The second-order valence-corrected chi connectivity index (χ2v) is 5.55. The summed E-state index contributed by atoms with van der Waals surface area (Å²) in [6, 6.07) is 4.74. The van der Waals surface area contributed by atoms with Gasteiger partial charge in [0.05, 0.1) is 12.3 Å². The molecule has 0 aromatic heterocycles. The molecule has 1 aromatic carbocycles. The minimum Gasteiger partial charge on any atom is -0.481 e. The molecular weight excluding hydrogens is 272 g/mol.